The Hall–Kier alpha value is -2.88. The molecule has 3 aliphatic heterocycles. The largest absolute Gasteiger partial charge is 0.494 e. The molecule has 10 heteroatoms. The number of halogens is 1. The molecule has 1 fully saturated rings. The highest BCUT2D eigenvalue weighted by atomic mass is 35.5. The van der Waals surface area contributed by atoms with E-state index >= 15 is 0 Å². The number of rotatable bonds is 6. The van der Waals surface area contributed by atoms with E-state index in [2.05, 4.69) is 43.3 Å². The molecule has 5 rings (SSSR count). The van der Waals surface area contributed by atoms with Crippen LogP contribution in [0, 0.1) is 0 Å². The number of nitrogens with one attached hydrogen (secondary N) is 3. The lowest BCUT2D eigenvalue weighted by Gasteiger charge is -2.36. The van der Waals surface area contributed by atoms with Gasteiger partial charge in [0.15, 0.2) is 5.17 Å². The molecule has 3 heterocycles. The highest BCUT2D eigenvalue weighted by Gasteiger charge is 2.44. The maximum Gasteiger partial charge on any atom is 0.234 e. The molecule has 0 radical (unpaired) electrons. The molecular weight excluding hydrogens is 460 g/mol. The Morgan fingerprint density at radius 3 is 2.76 bits per heavy atom. The number of ether oxygens (including phenoxy) is 1. The number of nitrogens with zero attached hydrogens (tertiary/aromatic N) is 3. The maximum absolute atomic E-state index is 12.4. The van der Waals surface area contributed by atoms with Crippen molar-refractivity contribution in [2.75, 3.05) is 17.7 Å². The Bertz CT molecular complexity index is 1060. The minimum Gasteiger partial charge on any atom is -0.494 e. The Morgan fingerprint density at radius 2 is 2.00 bits per heavy atom. The third-order valence-electron chi connectivity index (χ3n) is 5.76. The Kier molecular flexibility index (Phi) is 6.34. The van der Waals surface area contributed by atoms with E-state index in [-0.39, 0.29) is 29.9 Å². The molecule has 0 bridgehead atoms. The highest BCUT2D eigenvalue weighted by Crippen LogP contribution is 2.35. The number of amidine groups is 1. The fourth-order valence-electron chi connectivity index (χ4n) is 4.19. The number of fused-ring (bicyclic) bond motifs is 3. The zero-order chi connectivity index (χ0) is 22.8. The van der Waals surface area contributed by atoms with Crippen LogP contribution in [-0.4, -0.2) is 45.6 Å². The van der Waals surface area contributed by atoms with Crippen molar-refractivity contribution < 1.29 is 9.53 Å². The average Bonchev–Trinajstić information content (AvgIpc) is 3.43. The van der Waals surface area contributed by atoms with Crippen LogP contribution >= 0.6 is 23.4 Å². The van der Waals surface area contributed by atoms with E-state index in [4.69, 9.17) is 16.3 Å². The summed E-state index contributed by atoms with van der Waals surface area (Å²) in [7, 11) is 0. The van der Waals surface area contributed by atoms with Crippen LogP contribution in [0.4, 0.5) is 5.69 Å². The highest BCUT2D eigenvalue weighted by molar-refractivity contribution is 8.14. The maximum atomic E-state index is 12.4. The second-order valence-electron chi connectivity index (χ2n) is 7.91. The number of hydrazone groups is 1. The molecule has 0 saturated carbocycles. The molecule has 172 valence electrons. The van der Waals surface area contributed by atoms with E-state index in [0.717, 1.165) is 28.0 Å². The summed E-state index contributed by atoms with van der Waals surface area (Å²) in [5.41, 5.74) is 8.74. The van der Waals surface area contributed by atoms with Gasteiger partial charge in [-0.25, -0.2) is 5.43 Å². The molecule has 0 aliphatic carbocycles. The fraction of sp³-hybridized carbons (Fsp3) is 0.304. The predicted octanol–water partition coefficient (Wildman–Crippen LogP) is 3.72. The SMILES string of the molecule is CCOc1ccc(NC(=O)CSC2=NNC3C4CC(c5ccc(Cl)cc5)NN4C=CN23)cc1. The van der Waals surface area contributed by atoms with Gasteiger partial charge >= 0.3 is 0 Å². The van der Waals surface area contributed by atoms with Crippen LogP contribution in [0.5, 0.6) is 5.75 Å². The van der Waals surface area contributed by atoms with Crippen molar-refractivity contribution in [1.82, 2.24) is 20.8 Å². The van der Waals surface area contributed by atoms with Gasteiger partial charge in [0.25, 0.3) is 0 Å². The average molecular weight is 485 g/mol. The molecule has 0 aromatic heterocycles. The van der Waals surface area contributed by atoms with Crippen molar-refractivity contribution in [3.8, 4) is 5.75 Å². The standard InChI is InChI=1S/C23H25ClN6O2S/c1-2-32-18-9-7-17(8-10-18)25-21(31)14-33-23-27-26-22-20-13-19(15-3-5-16(24)6-4-15)28-30(20)12-11-29(22)23/h3-12,19-20,22,26,28H,2,13-14H2,1H3,(H,25,31). The summed E-state index contributed by atoms with van der Waals surface area (Å²) in [5, 5.41) is 11.1. The lowest BCUT2D eigenvalue weighted by atomic mass is 10.00. The quantitative estimate of drug-likeness (QED) is 0.576. The van der Waals surface area contributed by atoms with Crippen LogP contribution in [0.1, 0.15) is 24.9 Å². The summed E-state index contributed by atoms with van der Waals surface area (Å²) in [6.07, 6.45) is 4.96. The molecule has 8 nitrogen and oxygen atoms in total. The van der Waals surface area contributed by atoms with Gasteiger partial charge in [-0.1, -0.05) is 35.5 Å². The molecule has 3 atom stereocenters. The molecule has 2 aromatic rings. The number of carbonyl (C=O) groups excluding carboxylic acids is 1. The Balaban J connectivity index is 1.15. The van der Waals surface area contributed by atoms with E-state index in [0.29, 0.717) is 6.61 Å². The van der Waals surface area contributed by atoms with Gasteiger partial charge in [-0.3, -0.25) is 10.2 Å². The van der Waals surface area contributed by atoms with Gasteiger partial charge in [-0.2, -0.15) is 5.10 Å². The fourth-order valence-corrected chi connectivity index (χ4v) is 5.09. The number of benzene rings is 2. The van der Waals surface area contributed by atoms with Crippen molar-refractivity contribution in [2.45, 2.75) is 31.6 Å². The molecule has 3 unspecified atom stereocenters. The smallest absolute Gasteiger partial charge is 0.234 e. The van der Waals surface area contributed by atoms with Gasteiger partial charge in [0.1, 0.15) is 11.9 Å². The van der Waals surface area contributed by atoms with Gasteiger partial charge < -0.3 is 20.0 Å². The van der Waals surface area contributed by atoms with Gasteiger partial charge in [0, 0.05) is 23.1 Å². The van der Waals surface area contributed by atoms with Crippen LogP contribution in [-0.2, 0) is 4.79 Å². The monoisotopic (exact) mass is 484 g/mol. The summed E-state index contributed by atoms with van der Waals surface area (Å²) in [5.74, 6) is 0.973. The van der Waals surface area contributed by atoms with Crippen LogP contribution in [0.2, 0.25) is 5.02 Å². The van der Waals surface area contributed by atoms with Gasteiger partial charge in [0.05, 0.1) is 24.4 Å². The lowest BCUT2D eigenvalue weighted by molar-refractivity contribution is -0.113. The number of hydrogen-bond donors (Lipinski definition) is 3. The molecule has 0 spiro atoms. The van der Waals surface area contributed by atoms with E-state index in [1.165, 1.54) is 17.3 Å². The number of carbonyl (C=O) groups is 1. The lowest BCUT2D eigenvalue weighted by Crippen LogP contribution is -2.54. The van der Waals surface area contributed by atoms with E-state index in [1.807, 2.05) is 55.7 Å². The normalized spacial score (nSPS) is 23.0. The molecule has 2 aromatic carbocycles. The summed E-state index contributed by atoms with van der Waals surface area (Å²) in [6.45, 7) is 2.55. The van der Waals surface area contributed by atoms with Crippen LogP contribution in [0.3, 0.4) is 0 Å². The van der Waals surface area contributed by atoms with Crippen LogP contribution in [0.25, 0.3) is 0 Å². The zero-order valence-electron chi connectivity index (χ0n) is 18.1. The minimum atomic E-state index is -0.0803. The van der Waals surface area contributed by atoms with Crippen molar-refractivity contribution in [3.63, 3.8) is 0 Å². The van der Waals surface area contributed by atoms with E-state index in [9.17, 15) is 4.79 Å². The number of hydrogen-bond acceptors (Lipinski definition) is 8. The third-order valence-corrected chi connectivity index (χ3v) is 6.98. The van der Waals surface area contributed by atoms with E-state index < -0.39 is 0 Å². The van der Waals surface area contributed by atoms with Crippen molar-refractivity contribution in [3.05, 3.63) is 71.5 Å². The molecule has 1 amide bonds. The van der Waals surface area contributed by atoms with Crippen molar-refractivity contribution >= 4 is 40.1 Å². The van der Waals surface area contributed by atoms with Gasteiger partial charge in [0.2, 0.25) is 5.91 Å². The van der Waals surface area contributed by atoms with Crippen molar-refractivity contribution in [1.29, 1.82) is 0 Å². The summed E-state index contributed by atoms with van der Waals surface area (Å²) in [6, 6.07) is 15.7. The first kappa shape index (κ1) is 21.9. The summed E-state index contributed by atoms with van der Waals surface area (Å²) in [4.78, 5) is 14.5. The zero-order valence-corrected chi connectivity index (χ0v) is 19.6. The molecule has 3 N–H and O–H groups in total. The molecular formula is C23H25ClN6O2S. The second-order valence-corrected chi connectivity index (χ2v) is 9.29. The molecule has 1 saturated heterocycles. The molecule has 3 aliphatic rings. The Morgan fingerprint density at radius 1 is 1.21 bits per heavy atom. The van der Waals surface area contributed by atoms with Crippen LogP contribution in [0.15, 0.2) is 66.0 Å². The van der Waals surface area contributed by atoms with Gasteiger partial charge in [-0.15, -0.1) is 0 Å². The molecule has 33 heavy (non-hydrogen) atoms. The first-order valence-electron chi connectivity index (χ1n) is 10.9. The first-order valence-corrected chi connectivity index (χ1v) is 12.2. The summed E-state index contributed by atoms with van der Waals surface area (Å²) >= 11 is 7.45. The summed E-state index contributed by atoms with van der Waals surface area (Å²) < 4.78 is 5.43. The van der Waals surface area contributed by atoms with E-state index in [1.54, 1.807) is 0 Å². The van der Waals surface area contributed by atoms with Gasteiger partial charge in [-0.05, 0) is 55.3 Å². The minimum absolute atomic E-state index is 0.0106. The number of amides is 1. The predicted molar refractivity (Wildman–Crippen MR) is 132 cm³/mol. The second kappa shape index (κ2) is 9.54. The third kappa shape index (κ3) is 4.75. The number of hydrazine groups is 1. The Labute approximate surface area is 202 Å². The topological polar surface area (TPSA) is 81.2 Å². The van der Waals surface area contributed by atoms with Crippen molar-refractivity contribution in [2.24, 2.45) is 5.10 Å². The first-order chi connectivity index (χ1) is 16.1. The number of thioether (sulfide) groups is 1. The van der Waals surface area contributed by atoms with Crippen LogP contribution < -0.4 is 20.9 Å². The number of anilines is 1.